The summed E-state index contributed by atoms with van der Waals surface area (Å²) >= 11 is 11.7. The minimum absolute atomic E-state index is 0.126. The van der Waals surface area contributed by atoms with Crippen LogP contribution in [0.4, 0.5) is 0 Å². The molecule has 1 aromatic rings. The summed E-state index contributed by atoms with van der Waals surface area (Å²) in [5, 5.41) is 0.396. The van der Waals surface area contributed by atoms with Crippen molar-refractivity contribution in [1.29, 1.82) is 0 Å². The van der Waals surface area contributed by atoms with Gasteiger partial charge >= 0.3 is 0 Å². The van der Waals surface area contributed by atoms with Gasteiger partial charge in [-0.3, -0.25) is 0 Å². The fourth-order valence-electron chi connectivity index (χ4n) is 1.91. The van der Waals surface area contributed by atoms with Gasteiger partial charge in [-0.05, 0) is 30.5 Å². The number of halogens is 2. The van der Waals surface area contributed by atoms with Crippen LogP contribution in [0, 0.1) is 0 Å². The van der Waals surface area contributed by atoms with Crippen LogP contribution in [0.15, 0.2) is 23.1 Å². The first-order chi connectivity index (χ1) is 8.46. The average Bonchev–Trinajstić information content (AvgIpc) is 2.26. The van der Waals surface area contributed by atoms with Gasteiger partial charge in [0.2, 0.25) is 10.0 Å². The molecule has 0 aliphatic heterocycles. The van der Waals surface area contributed by atoms with Crippen molar-refractivity contribution in [3.05, 3.63) is 28.8 Å². The van der Waals surface area contributed by atoms with E-state index in [0.29, 0.717) is 5.02 Å². The van der Waals surface area contributed by atoms with Gasteiger partial charge in [-0.1, -0.05) is 24.1 Å². The molecule has 0 radical (unpaired) electrons. The highest BCUT2D eigenvalue weighted by atomic mass is 35.5. The molecular weight excluding hydrogens is 293 g/mol. The van der Waals surface area contributed by atoms with Gasteiger partial charge in [0.1, 0.15) is 0 Å². The smallest absolute Gasteiger partial charge is 0.207 e. The predicted molar refractivity (Wildman–Crippen MR) is 73.6 cm³/mol. The van der Waals surface area contributed by atoms with Crippen molar-refractivity contribution in [1.82, 2.24) is 4.31 Å². The highest BCUT2D eigenvalue weighted by molar-refractivity contribution is 7.89. The van der Waals surface area contributed by atoms with E-state index in [1.54, 1.807) is 19.2 Å². The minimum atomic E-state index is -3.44. The highest BCUT2D eigenvalue weighted by Crippen LogP contribution is 2.30. The Hall–Kier alpha value is -0.290. The number of sulfonamides is 1. The van der Waals surface area contributed by atoms with Crippen molar-refractivity contribution in [2.75, 3.05) is 7.05 Å². The monoisotopic (exact) mass is 307 g/mol. The maximum absolute atomic E-state index is 12.4. The van der Waals surface area contributed by atoms with E-state index >= 15 is 0 Å². The van der Waals surface area contributed by atoms with Crippen molar-refractivity contribution in [2.24, 2.45) is 0 Å². The lowest BCUT2D eigenvalue weighted by molar-refractivity contribution is 0.249. The molecule has 1 aliphatic rings. The van der Waals surface area contributed by atoms with Gasteiger partial charge in [0.05, 0.1) is 4.90 Å². The third-order valence-corrected chi connectivity index (χ3v) is 5.98. The van der Waals surface area contributed by atoms with Gasteiger partial charge in [-0.25, -0.2) is 8.42 Å². The van der Waals surface area contributed by atoms with Crippen LogP contribution in [0.25, 0.3) is 0 Å². The Bertz CT molecular complexity index is 541. The van der Waals surface area contributed by atoms with E-state index in [-0.39, 0.29) is 16.8 Å². The maximum Gasteiger partial charge on any atom is 0.243 e. The molecule has 100 valence electrons. The largest absolute Gasteiger partial charge is 0.243 e. The summed E-state index contributed by atoms with van der Waals surface area (Å²) in [6, 6.07) is 4.83. The molecule has 1 aromatic carbocycles. The van der Waals surface area contributed by atoms with E-state index in [0.717, 1.165) is 24.8 Å². The Morgan fingerprint density at radius 1 is 1.39 bits per heavy atom. The van der Waals surface area contributed by atoms with Gasteiger partial charge in [0.25, 0.3) is 0 Å². The van der Waals surface area contributed by atoms with Crippen LogP contribution in [0.5, 0.6) is 0 Å². The van der Waals surface area contributed by atoms with E-state index < -0.39 is 10.0 Å². The Kier molecular flexibility index (Phi) is 4.22. The fourth-order valence-corrected chi connectivity index (χ4v) is 3.97. The second-order valence-corrected chi connectivity index (χ2v) is 7.16. The molecule has 0 aromatic heterocycles. The molecule has 1 saturated carbocycles. The number of nitrogens with zero attached hydrogens (tertiary/aromatic N) is 1. The van der Waals surface area contributed by atoms with Gasteiger partial charge in [0, 0.05) is 24.0 Å². The maximum atomic E-state index is 12.4. The molecule has 0 atom stereocenters. The van der Waals surface area contributed by atoms with E-state index in [2.05, 4.69) is 0 Å². The van der Waals surface area contributed by atoms with Crippen LogP contribution in [0.1, 0.15) is 24.8 Å². The summed E-state index contributed by atoms with van der Waals surface area (Å²) in [4.78, 5) is 0.232. The molecular formula is C12H15Cl2NO2S. The number of alkyl halides is 1. The van der Waals surface area contributed by atoms with Crippen LogP contribution in [-0.4, -0.2) is 25.8 Å². The molecule has 0 amide bonds. The fraction of sp³-hybridized carbons (Fsp3) is 0.500. The molecule has 0 saturated heterocycles. The first-order valence-corrected chi connectivity index (χ1v) is 8.14. The zero-order chi connectivity index (χ0) is 13.3. The third kappa shape index (κ3) is 2.52. The third-order valence-electron chi connectivity index (χ3n) is 3.43. The summed E-state index contributed by atoms with van der Waals surface area (Å²) in [6.45, 7) is 0. The summed E-state index contributed by atoms with van der Waals surface area (Å²) in [6.07, 6.45) is 2.96. The average molecular weight is 308 g/mol. The molecule has 6 heteroatoms. The van der Waals surface area contributed by atoms with E-state index in [1.807, 2.05) is 0 Å². The Balaban J connectivity index is 2.31. The molecule has 18 heavy (non-hydrogen) atoms. The number of rotatable bonds is 4. The first-order valence-electron chi connectivity index (χ1n) is 5.79. The van der Waals surface area contributed by atoms with Crippen LogP contribution in [0.3, 0.4) is 0 Å². The quantitative estimate of drug-likeness (QED) is 0.801. The molecule has 0 heterocycles. The Morgan fingerprint density at radius 2 is 2.06 bits per heavy atom. The molecule has 1 fully saturated rings. The van der Waals surface area contributed by atoms with E-state index in [1.165, 1.54) is 10.4 Å². The molecule has 0 spiro atoms. The zero-order valence-corrected chi connectivity index (χ0v) is 12.4. The van der Waals surface area contributed by atoms with Crippen LogP contribution < -0.4 is 0 Å². The summed E-state index contributed by atoms with van der Waals surface area (Å²) in [5.41, 5.74) is 0.739. The Labute approximate surface area is 118 Å². The number of benzene rings is 1. The molecule has 3 nitrogen and oxygen atoms in total. The number of hydrogen-bond donors (Lipinski definition) is 0. The lowest BCUT2D eigenvalue weighted by Crippen LogP contribution is -2.41. The molecule has 0 bridgehead atoms. The first kappa shape index (κ1) is 14.1. The van der Waals surface area contributed by atoms with Crippen molar-refractivity contribution in [3.63, 3.8) is 0 Å². The zero-order valence-electron chi connectivity index (χ0n) is 10.1. The minimum Gasteiger partial charge on any atom is -0.207 e. The van der Waals surface area contributed by atoms with Crippen molar-refractivity contribution in [2.45, 2.75) is 36.1 Å². The summed E-state index contributed by atoms with van der Waals surface area (Å²) in [7, 11) is -1.81. The van der Waals surface area contributed by atoms with Crippen molar-refractivity contribution in [3.8, 4) is 0 Å². The van der Waals surface area contributed by atoms with Crippen LogP contribution in [0.2, 0.25) is 5.02 Å². The lowest BCUT2D eigenvalue weighted by Gasteiger charge is -2.33. The lowest BCUT2D eigenvalue weighted by atomic mass is 9.94. The number of hydrogen-bond acceptors (Lipinski definition) is 2. The predicted octanol–water partition coefficient (Wildman–Crippen LogP) is 3.25. The standard InChI is InChI=1S/C12H15Cl2NO2S/c1-15(10-3-2-4-10)18(16,17)11-6-5-9(8-13)12(14)7-11/h5-7,10H,2-4,8H2,1H3. The molecule has 0 N–H and O–H groups in total. The van der Waals surface area contributed by atoms with Crippen LogP contribution >= 0.6 is 23.2 Å². The van der Waals surface area contributed by atoms with Gasteiger partial charge in [0.15, 0.2) is 0 Å². The molecule has 1 aliphatic carbocycles. The SMILES string of the molecule is CN(C1CCC1)S(=O)(=O)c1ccc(CCl)c(Cl)c1. The van der Waals surface area contributed by atoms with Gasteiger partial charge in [-0.15, -0.1) is 11.6 Å². The van der Waals surface area contributed by atoms with Gasteiger partial charge in [-0.2, -0.15) is 4.31 Å². The summed E-state index contributed by atoms with van der Waals surface area (Å²) in [5.74, 6) is 0.275. The van der Waals surface area contributed by atoms with Crippen molar-refractivity contribution < 1.29 is 8.42 Å². The second kappa shape index (κ2) is 5.37. The van der Waals surface area contributed by atoms with Crippen molar-refractivity contribution >= 4 is 33.2 Å². The van der Waals surface area contributed by atoms with Crippen LogP contribution in [-0.2, 0) is 15.9 Å². The topological polar surface area (TPSA) is 37.4 Å². The van der Waals surface area contributed by atoms with E-state index in [9.17, 15) is 8.42 Å². The molecule has 2 rings (SSSR count). The Morgan fingerprint density at radius 3 is 2.50 bits per heavy atom. The highest BCUT2D eigenvalue weighted by Gasteiger charge is 2.31. The summed E-state index contributed by atoms with van der Waals surface area (Å²) < 4.78 is 26.2. The molecule has 0 unspecified atom stereocenters. The normalized spacial score (nSPS) is 16.9. The van der Waals surface area contributed by atoms with Gasteiger partial charge < -0.3 is 0 Å². The second-order valence-electron chi connectivity index (χ2n) is 4.49. The van der Waals surface area contributed by atoms with E-state index in [4.69, 9.17) is 23.2 Å².